The van der Waals surface area contributed by atoms with Gasteiger partial charge < -0.3 is 45.9 Å². The smallest absolute Gasteiger partial charge is 0.339 e. The van der Waals surface area contributed by atoms with E-state index >= 15 is 0 Å². The maximum atomic E-state index is 14.6. The highest BCUT2D eigenvalue weighted by molar-refractivity contribution is 9.10. The van der Waals surface area contributed by atoms with Gasteiger partial charge in [-0.3, -0.25) is 0 Å². The molecule has 0 aliphatic rings. The second-order valence-corrected chi connectivity index (χ2v) is 18.0. The van der Waals surface area contributed by atoms with Gasteiger partial charge in [0, 0.05) is 27.5 Å². The summed E-state index contributed by atoms with van der Waals surface area (Å²) in [6, 6.07) is 34.5. The molecular formula is C56H39Br2F5N6O9. The van der Waals surface area contributed by atoms with Crippen molar-refractivity contribution >= 4 is 84.3 Å². The number of carboxylic acids is 3. The summed E-state index contributed by atoms with van der Waals surface area (Å²) in [6.45, 7) is 0. The number of hydrogen-bond acceptors (Lipinski definition) is 12. The van der Waals surface area contributed by atoms with Gasteiger partial charge in [-0.1, -0.05) is 42.5 Å². The van der Waals surface area contributed by atoms with Crippen molar-refractivity contribution in [2.45, 2.75) is 0 Å². The van der Waals surface area contributed by atoms with Gasteiger partial charge in [-0.25, -0.2) is 51.3 Å². The van der Waals surface area contributed by atoms with Crippen LogP contribution in [-0.2, 0) is 0 Å². The van der Waals surface area contributed by atoms with Crippen LogP contribution in [-0.4, -0.2) is 67.5 Å². The number of methoxy groups -OCH3 is 2. The Balaban J connectivity index is 0.000000170. The predicted molar refractivity (Wildman–Crippen MR) is 289 cm³/mol. The van der Waals surface area contributed by atoms with Crippen LogP contribution in [0.25, 0.3) is 33.4 Å². The Morgan fingerprint density at radius 2 is 0.859 bits per heavy atom. The first-order chi connectivity index (χ1) is 37.3. The Morgan fingerprint density at radius 1 is 0.449 bits per heavy atom. The Hall–Kier alpha value is -9.41. The van der Waals surface area contributed by atoms with Crippen molar-refractivity contribution in [3.63, 3.8) is 0 Å². The predicted octanol–water partition coefficient (Wildman–Crippen LogP) is 14.5. The number of aromatic carboxylic acids is 3. The van der Waals surface area contributed by atoms with E-state index in [1.165, 1.54) is 68.2 Å². The van der Waals surface area contributed by atoms with Gasteiger partial charge in [-0.2, -0.15) is 0 Å². The lowest BCUT2D eigenvalue weighted by atomic mass is 10.0. The summed E-state index contributed by atoms with van der Waals surface area (Å²) in [4.78, 5) is 45.6. The molecule has 0 saturated heterocycles. The number of ether oxygens (including phenoxy) is 2. The van der Waals surface area contributed by atoms with Gasteiger partial charge in [0.2, 0.25) is 0 Å². The number of benzene rings is 6. The molecule has 396 valence electrons. The molecule has 3 heterocycles. The van der Waals surface area contributed by atoms with E-state index < -0.39 is 58.4 Å². The number of halogens is 7. The quantitative estimate of drug-likeness (QED) is 0.0503. The fourth-order valence-corrected chi connectivity index (χ4v) is 7.91. The highest BCUT2D eigenvalue weighted by Crippen LogP contribution is 2.35. The molecule has 7 N–H and O–H groups in total. The third-order valence-corrected chi connectivity index (χ3v) is 11.9. The molecule has 0 fully saturated rings. The number of carbonyl (C=O) groups is 3. The lowest BCUT2D eigenvalue weighted by molar-refractivity contribution is 0.0686. The molecule has 0 amide bonds. The normalized spacial score (nSPS) is 10.5. The molecule has 0 atom stereocenters. The number of nitrogens with zero attached hydrogens (tertiary/aromatic N) is 3. The molecule has 22 heteroatoms. The Labute approximate surface area is 456 Å². The standard InChI is InChI=1S/C19H13BrF2N2O3.C19H14BrFN2O3.C18H12F2N2O3/c1-27-13-4-2-3-10(5-13)11-6-15(21)17(16(22)7-11)24-18-14(19(25)26)8-12(20)9-23-18;1-26-14-4-2-3-11(7-14)12-5-6-17(16(21)8-12)23-18-15(19(24)25)9-13(20)10-22-18;19-14-8-11(10-3-1-4-12(23)7-10)9-15(20)16(14)22-17-13(18(24)25)5-2-6-21-17/h2-9H,1H3,(H,23,24)(H,25,26);2-10H,1H3,(H,22,23)(H,24,25);1-9,23H,(H,21,22)(H,24,25). The lowest BCUT2D eigenvalue weighted by Gasteiger charge is -2.12. The van der Waals surface area contributed by atoms with Crippen molar-refractivity contribution in [2.24, 2.45) is 0 Å². The number of carboxylic acid groups (broad SMARTS) is 3. The van der Waals surface area contributed by atoms with E-state index in [2.05, 4.69) is 62.8 Å². The van der Waals surface area contributed by atoms with Crippen LogP contribution in [0.3, 0.4) is 0 Å². The average Bonchev–Trinajstić information content (AvgIpc) is 3.42. The first kappa shape index (κ1) is 56.3. The number of phenolic OH excluding ortho intramolecular Hbond substituents is 1. The largest absolute Gasteiger partial charge is 0.508 e. The van der Waals surface area contributed by atoms with Gasteiger partial charge in [0.25, 0.3) is 0 Å². The highest BCUT2D eigenvalue weighted by Gasteiger charge is 2.20. The maximum absolute atomic E-state index is 14.6. The number of anilines is 6. The summed E-state index contributed by atoms with van der Waals surface area (Å²) in [6.07, 6.45) is 4.08. The molecule has 0 bridgehead atoms. The SMILES string of the molecule is COc1cccc(-c2cc(F)c(Nc3ncc(Br)cc3C(=O)O)c(F)c2)c1.COc1cccc(-c2ccc(Nc3ncc(Br)cc3C(=O)O)c(F)c2)c1.O=C(O)c1cccnc1Nc1c(F)cc(-c2cccc(O)c2)cc1F. The molecule has 0 unspecified atom stereocenters. The van der Waals surface area contributed by atoms with E-state index in [-0.39, 0.29) is 51.1 Å². The maximum Gasteiger partial charge on any atom is 0.339 e. The highest BCUT2D eigenvalue weighted by atomic mass is 79.9. The first-order valence-electron chi connectivity index (χ1n) is 22.4. The third-order valence-electron chi connectivity index (χ3n) is 11.0. The topological polar surface area (TPSA) is 225 Å². The van der Waals surface area contributed by atoms with Gasteiger partial charge in [-0.05, 0) is 162 Å². The van der Waals surface area contributed by atoms with E-state index in [9.17, 15) is 51.7 Å². The van der Waals surface area contributed by atoms with Crippen LogP contribution in [0.5, 0.6) is 17.2 Å². The average molecular weight is 1190 g/mol. The van der Waals surface area contributed by atoms with Gasteiger partial charge in [-0.15, -0.1) is 0 Å². The molecule has 15 nitrogen and oxygen atoms in total. The van der Waals surface area contributed by atoms with Crippen LogP contribution < -0.4 is 25.4 Å². The molecule has 3 aromatic heterocycles. The minimum absolute atomic E-state index is 0.0277. The zero-order valence-electron chi connectivity index (χ0n) is 40.3. The van der Waals surface area contributed by atoms with Gasteiger partial charge in [0.1, 0.15) is 91.9 Å². The van der Waals surface area contributed by atoms with Crippen LogP contribution in [0.4, 0.5) is 56.5 Å². The number of phenols is 1. The van der Waals surface area contributed by atoms with Crippen LogP contribution >= 0.6 is 31.9 Å². The zero-order chi connectivity index (χ0) is 56.2. The minimum Gasteiger partial charge on any atom is -0.508 e. The monoisotopic (exact) mass is 1190 g/mol. The van der Waals surface area contributed by atoms with Gasteiger partial charge in [0.15, 0.2) is 0 Å². The number of pyridine rings is 3. The molecule has 0 aliphatic heterocycles. The van der Waals surface area contributed by atoms with Crippen LogP contribution in [0.15, 0.2) is 167 Å². The van der Waals surface area contributed by atoms with Crippen LogP contribution in [0, 0.1) is 29.1 Å². The molecule has 0 radical (unpaired) electrons. The van der Waals surface area contributed by atoms with E-state index in [0.29, 0.717) is 42.7 Å². The van der Waals surface area contributed by atoms with E-state index in [4.69, 9.17) is 14.6 Å². The van der Waals surface area contributed by atoms with E-state index in [1.807, 2.05) is 18.2 Å². The molecule has 0 spiro atoms. The second-order valence-electron chi connectivity index (χ2n) is 16.1. The van der Waals surface area contributed by atoms with Gasteiger partial charge in [0.05, 0.1) is 19.9 Å². The number of aromatic nitrogens is 3. The van der Waals surface area contributed by atoms with Crippen molar-refractivity contribution in [1.29, 1.82) is 0 Å². The van der Waals surface area contributed by atoms with Crippen LogP contribution in [0.1, 0.15) is 31.1 Å². The molecule has 78 heavy (non-hydrogen) atoms. The fraction of sp³-hybridized carbons (Fsp3) is 0.0357. The number of hydrogen-bond donors (Lipinski definition) is 7. The summed E-state index contributed by atoms with van der Waals surface area (Å²) in [5.41, 5.74) is 1.69. The third kappa shape index (κ3) is 14.1. The van der Waals surface area contributed by atoms with Crippen molar-refractivity contribution in [1.82, 2.24) is 15.0 Å². The number of nitrogens with one attached hydrogen (secondary N) is 3. The van der Waals surface area contributed by atoms with E-state index in [0.717, 1.165) is 29.8 Å². The minimum atomic E-state index is -1.28. The fourth-order valence-electron chi connectivity index (χ4n) is 7.25. The van der Waals surface area contributed by atoms with Crippen molar-refractivity contribution in [3.8, 4) is 50.6 Å². The van der Waals surface area contributed by atoms with Crippen LogP contribution in [0.2, 0.25) is 0 Å². The van der Waals surface area contributed by atoms with Crippen molar-refractivity contribution < 1.29 is 66.2 Å². The first-order valence-corrected chi connectivity index (χ1v) is 24.0. The second kappa shape index (κ2) is 25.4. The summed E-state index contributed by atoms with van der Waals surface area (Å²) in [5, 5.41) is 44.7. The van der Waals surface area contributed by atoms with Crippen molar-refractivity contribution in [2.75, 3.05) is 30.2 Å². The molecule has 0 aliphatic carbocycles. The number of rotatable bonds is 14. The van der Waals surface area contributed by atoms with Gasteiger partial charge >= 0.3 is 17.9 Å². The molecule has 0 saturated carbocycles. The summed E-state index contributed by atoms with van der Waals surface area (Å²) < 4.78 is 83.7. The Kier molecular flexibility index (Phi) is 18.4. The van der Waals surface area contributed by atoms with E-state index in [1.54, 1.807) is 61.7 Å². The zero-order valence-corrected chi connectivity index (χ0v) is 43.5. The molecule has 9 rings (SSSR count). The number of aromatic hydroxyl groups is 1. The summed E-state index contributed by atoms with van der Waals surface area (Å²) in [7, 11) is 3.07. The van der Waals surface area contributed by atoms with Crippen molar-refractivity contribution in [3.05, 3.63) is 213 Å². The lowest BCUT2D eigenvalue weighted by Crippen LogP contribution is -2.07. The molecule has 9 aromatic rings. The molecular weight excluding hydrogens is 1160 g/mol. The summed E-state index contributed by atoms with van der Waals surface area (Å²) >= 11 is 6.29. The Morgan fingerprint density at radius 3 is 1.31 bits per heavy atom. The Bertz CT molecular complexity index is 3680. The molecule has 6 aromatic carbocycles. The summed E-state index contributed by atoms with van der Waals surface area (Å²) in [5.74, 6) is -6.89.